The molecule has 0 heterocycles. The molecular formula is C24H45NO6. The maximum Gasteiger partial charge on any atom is 0.332 e. The number of nitrogens with zero attached hydrogens (tertiary/aromatic N) is 1. The van der Waals surface area contributed by atoms with Gasteiger partial charge < -0.3 is 14.5 Å². The Hall–Kier alpha value is -1.63. The number of rotatable bonds is 21. The van der Waals surface area contributed by atoms with Crippen LogP contribution in [0.5, 0.6) is 0 Å². The van der Waals surface area contributed by atoms with E-state index < -0.39 is 17.9 Å². The van der Waals surface area contributed by atoms with Gasteiger partial charge in [0.15, 0.2) is 0 Å². The molecule has 0 spiro atoms. The van der Waals surface area contributed by atoms with Crippen LogP contribution in [0.2, 0.25) is 0 Å². The second-order valence-corrected chi connectivity index (χ2v) is 8.11. The first-order chi connectivity index (χ1) is 15.0. The van der Waals surface area contributed by atoms with Crippen LogP contribution in [0, 0.1) is 0 Å². The highest BCUT2D eigenvalue weighted by Gasteiger charge is 2.22. The molecule has 0 atom stereocenters. The molecule has 0 amide bonds. The largest absolute Gasteiger partial charge is 0.332 e. The first-order valence-electron chi connectivity index (χ1n) is 12.5. The van der Waals surface area contributed by atoms with Crippen LogP contribution in [-0.4, -0.2) is 23.3 Å². The van der Waals surface area contributed by atoms with Gasteiger partial charge in [-0.1, -0.05) is 97.8 Å². The van der Waals surface area contributed by atoms with Crippen molar-refractivity contribution < 1.29 is 28.9 Å². The molecule has 0 radical (unpaired) electrons. The molecule has 0 saturated carbocycles. The maximum absolute atomic E-state index is 12.1. The fourth-order valence-electron chi connectivity index (χ4n) is 3.06. The minimum atomic E-state index is -0.581. The summed E-state index contributed by atoms with van der Waals surface area (Å²) < 4.78 is 0. The fourth-order valence-corrected chi connectivity index (χ4v) is 3.06. The fraction of sp³-hybridized carbons (Fsp3) is 0.875. The molecule has 0 aliphatic heterocycles. The van der Waals surface area contributed by atoms with Crippen LogP contribution in [0.25, 0.3) is 0 Å². The second kappa shape index (κ2) is 21.6. The highest BCUT2D eigenvalue weighted by molar-refractivity contribution is 5.71. The van der Waals surface area contributed by atoms with Crippen molar-refractivity contribution in [1.29, 1.82) is 0 Å². The molecule has 182 valence electrons. The van der Waals surface area contributed by atoms with E-state index in [0.717, 1.165) is 77.0 Å². The van der Waals surface area contributed by atoms with Gasteiger partial charge in [0.1, 0.15) is 0 Å². The van der Waals surface area contributed by atoms with Crippen LogP contribution in [0.15, 0.2) is 0 Å². The Labute approximate surface area is 189 Å². The van der Waals surface area contributed by atoms with Crippen molar-refractivity contribution >= 4 is 17.9 Å². The smallest absolute Gasteiger partial charge is 0.300 e. The van der Waals surface area contributed by atoms with E-state index in [4.69, 9.17) is 14.5 Å². The third kappa shape index (κ3) is 20.0. The van der Waals surface area contributed by atoms with Crippen molar-refractivity contribution in [2.45, 2.75) is 136 Å². The monoisotopic (exact) mass is 443 g/mol. The van der Waals surface area contributed by atoms with E-state index in [1.807, 2.05) is 0 Å². The summed E-state index contributed by atoms with van der Waals surface area (Å²) in [6, 6.07) is 0. The van der Waals surface area contributed by atoms with E-state index in [2.05, 4.69) is 20.8 Å². The Morgan fingerprint density at radius 3 is 0.968 bits per heavy atom. The number of hydrogen-bond acceptors (Lipinski definition) is 7. The van der Waals surface area contributed by atoms with Gasteiger partial charge >= 0.3 is 17.9 Å². The summed E-state index contributed by atoms with van der Waals surface area (Å²) in [4.78, 5) is 51.2. The van der Waals surface area contributed by atoms with Crippen LogP contribution in [0.3, 0.4) is 0 Å². The van der Waals surface area contributed by atoms with Gasteiger partial charge in [0.05, 0.1) is 0 Å². The number of hydrogen-bond donors (Lipinski definition) is 0. The summed E-state index contributed by atoms with van der Waals surface area (Å²) in [6.07, 6.45) is 15.4. The SMILES string of the molecule is CCCCCCCC(=O)ON(OC(=O)CCCCCCC)OC(=O)CCCCCCC. The maximum atomic E-state index is 12.1. The van der Waals surface area contributed by atoms with Crippen LogP contribution in [-0.2, 0) is 28.9 Å². The van der Waals surface area contributed by atoms with E-state index in [9.17, 15) is 14.4 Å². The highest BCUT2D eigenvalue weighted by atomic mass is 17.2. The minimum Gasteiger partial charge on any atom is -0.300 e. The lowest BCUT2D eigenvalue weighted by Gasteiger charge is -2.17. The molecule has 0 aromatic carbocycles. The number of carbonyl (C=O) groups is 3. The number of unbranched alkanes of at least 4 members (excludes halogenated alkanes) is 12. The highest BCUT2D eigenvalue weighted by Crippen LogP contribution is 2.11. The zero-order chi connectivity index (χ0) is 23.2. The topological polar surface area (TPSA) is 82.1 Å². The number of carbonyl (C=O) groups excluding carboxylic acids is 3. The molecule has 0 N–H and O–H groups in total. The van der Waals surface area contributed by atoms with Gasteiger partial charge in [0.2, 0.25) is 5.39 Å². The van der Waals surface area contributed by atoms with Crippen molar-refractivity contribution in [3.8, 4) is 0 Å². The Kier molecular flexibility index (Phi) is 20.5. The van der Waals surface area contributed by atoms with Crippen LogP contribution in [0.1, 0.15) is 136 Å². The van der Waals surface area contributed by atoms with E-state index in [1.165, 1.54) is 0 Å². The molecule has 0 aromatic rings. The molecule has 0 unspecified atom stereocenters. The minimum absolute atomic E-state index is 0.184. The van der Waals surface area contributed by atoms with Crippen molar-refractivity contribution in [3.05, 3.63) is 0 Å². The van der Waals surface area contributed by atoms with Gasteiger partial charge in [-0.2, -0.15) is 0 Å². The zero-order valence-corrected chi connectivity index (χ0v) is 20.1. The molecule has 0 bridgehead atoms. The molecule has 0 saturated heterocycles. The summed E-state index contributed by atoms with van der Waals surface area (Å²) in [5, 5.41) is 0.317. The second-order valence-electron chi connectivity index (χ2n) is 8.11. The van der Waals surface area contributed by atoms with Crippen molar-refractivity contribution in [2.75, 3.05) is 0 Å². The lowest BCUT2D eigenvalue weighted by atomic mass is 10.1. The molecule has 0 rings (SSSR count). The van der Waals surface area contributed by atoms with Gasteiger partial charge in [-0.15, -0.1) is 0 Å². The summed E-state index contributed by atoms with van der Waals surface area (Å²) >= 11 is 0. The first kappa shape index (κ1) is 29.4. The zero-order valence-electron chi connectivity index (χ0n) is 20.1. The lowest BCUT2D eigenvalue weighted by Crippen LogP contribution is -2.33. The summed E-state index contributed by atoms with van der Waals surface area (Å²) in [5.41, 5.74) is 0. The molecule has 31 heavy (non-hydrogen) atoms. The normalized spacial score (nSPS) is 10.8. The molecule has 7 nitrogen and oxygen atoms in total. The van der Waals surface area contributed by atoms with Gasteiger partial charge in [0, 0.05) is 19.3 Å². The Morgan fingerprint density at radius 2 is 0.710 bits per heavy atom. The van der Waals surface area contributed by atoms with Gasteiger partial charge in [-0.3, -0.25) is 14.4 Å². The van der Waals surface area contributed by atoms with E-state index in [1.54, 1.807) is 0 Å². The average Bonchev–Trinajstić information content (AvgIpc) is 2.73. The standard InChI is InChI=1S/C24H45NO6/c1-4-7-10-13-16-19-22(26)29-25(30-23(27)20-17-14-11-8-5-2)31-24(28)21-18-15-12-9-6-3/h4-21H2,1-3H3. The first-order valence-corrected chi connectivity index (χ1v) is 12.5. The van der Waals surface area contributed by atoms with E-state index >= 15 is 0 Å². The molecule has 0 aliphatic carbocycles. The predicted octanol–water partition coefficient (Wildman–Crippen LogP) is 6.74. The lowest BCUT2D eigenvalue weighted by molar-refractivity contribution is -0.464. The molecular weight excluding hydrogens is 398 g/mol. The average molecular weight is 444 g/mol. The Morgan fingerprint density at radius 1 is 0.452 bits per heavy atom. The molecule has 0 aliphatic rings. The third-order valence-corrected chi connectivity index (χ3v) is 4.98. The quantitative estimate of drug-likeness (QED) is 0.143. The van der Waals surface area contributed by atoms with E-state index in [-0.39, 0.29) is 19.3 Å². The third-order valence-electron chi connectivity index (χ3n) is 4.98. The van der Waals surface area contributed by atoms with Gasteiger partial charge in [0.25, 0.3) is 0 Å². The van der Waals surface area contributed by atoms with Crippen LogP contribution >= 0.6 is 0 Å². The molecule has 0 aromatic heterocycles. The predicted molar refractivity (Wildman–Crippen MR) is 120 cm³/mol. The Balaban J connectivity index is 4.43. The molecule has 7 heteroatoms. The summed E-state index contributed by atoms with van der Waals surface area (Å²) in [5.74, 6) is -1.74. The molecule has 0 fully saturated rings. The summed E-state index contributed by atoms with van der Waals surface area (Å²) in [6.45, 7) is 6.38. The van der Waals surface area contributed by atoms with Crippen LogP contribution < -0.4 is 0 Å². The van der Waals surface area contributed by atoms with Crippen molar-refractivity contribution in [1.82, 2.24) is 5.39 Å². The van der Waals surface area contributed by atoms with Gasteiger partial charge in [-0.25, -0.2) is 0 Å². The van der Waals surface area contributed by atoms with Gasteiger partial charge in [-0.05, 0) is 19.3 Å². The van der Waals surface area contributed by atoms with E-state index in [0.29, 0.717) is 24.7 Å². The summed E-state index contributed by atoms with van der Waals surface area (Å²) in [7, 11) is 0. The van der Waals surface area contributed by atoms with Crippen LogP contribution in [0.4, 0.5) is 0 Å². The Bertz CT molecular complexity index is 402. The van der Waals surface area contributed by atoms with Crippen molar-refractivity contribution in [3.63, 3.8) is 0 Å². The van der Waals surface area contributed by atoms with Crippen molar-refractivity contribution in [2.24, 2.45) is 0 Å².